The van der Waals surface area contributed by atoms with Gasteiger partial charge >= 0.3 is 0 Å². The van der Waals surface area contributed by atoms with Crippen molar-refractivity contribution in [2.24, 2.45) is 5.73 Å². The van der Waals surface area contributed by atoms with Crippen LogP contribution < -0.4 is 15.2 Å². The standard InChI is InChI=1S/C15H22BrNO2/c1-10(2)19-14-12(18-3)7-6-11(16)13(14)15(17)8-4-5-9-15/h6-7,10H,4-5,8-9,17H2,1-3H3. The van der Waals surface area contributed by atoms with Gasteiger partial charge in [-0.15, -0.1) is 0 Å². The van der Waals surface area contributed by atoms with Gasteiger partial charge in [0.05, 0.1) is 13.2 Å². The van der Waals surface area contributed by atoms with Gasteiger partial charge < -0.3 is 15.2 Å². The van der Waals surface area contributed by atoms with Crippen LogP contribution >= 0.6 is 15.9 Å². The van der Waals surface area contributed by atoms with Crippen LogP contribution in [0.2, 0.25) is 0 Å². The van der Waals surface area contributed by atoms with Gasteiger partial charge in [0.15, 0.2) is 11.5 Å². The second kappa shape index (κ2) is 5.71. The maximum atomic E-state index is 6.62. The molecule has 0 spiro atoms. The van der Waals surface area contributed by atoms with Gasteiger partial charge in [-0.2, -0.15) is 0 Å². The Morgan fingerprint density at radius 3 is 2.42 bits per heavy atom. The smallest absolute Gasteiger partial charge is 0.167 e. The van der Waals surface area contributed by atoms with E-state index in [1.165, 1.54) is 12.8 Å². The summed E-state index contributed by atoms with van der Waals surface area (Å²) in [6, 6.07) is 3.91. The van der Waals surface area contributed by atoms with Crippen molar-refractivity contribution in [3.05, 3.63) is 22.2 Å². The van der Waals surface area contributed by atoms with Crippen molar-refractivity contribution in [3.63, 3.8) is 0 Å². The number of methoxy groups -OCH3 is 1. The number of hydrogen-bond donors (Lipinski definition) is 1. The van der Waals surface area contributed by atoms with Crippen LogP contribution in [0, 0.1) is 0 Å². The first-order chi connectivity index (χ1) is 8.98. The first-order valence-corrected chi connectivity index (χ1v) is 7.60. The molecule has 0 amide bonds. The molecule has 4 heteroatoms. The number of rotatable bonds is 4. The molecule has 2 rings (SSSR count). The van der Waals surface area contributed by atoms with Crippen molar-refractivity contribution in [1.29, 1.82) is 0 Å². The van der Waals surface area contributed by atoms with E-state index in [0.29, 0.717) is 0 Å². The van der Waals surface area contributed by atoms with E-state index in [-0.39, 0.29) is 11.6 Å². The van der Waals surface area contributed by atoms with Gasteiger partial charge in [0.2, 0.25) is 0 Å². The van der Waals surface area contributed by atoms with Crippen LogP contribution in [0.1, 0.15) is 45.1 Å². The van der Waals surface area contributed by atoms with Crippen molar-refractivity contribution in [3.8, 4) is 11.5 Å². The number of benzene rings is 1. The zero-order valence-corrected chi connectivity index (χ0v) is 13.4. The van der Waals surface area contributed by atoms with Crippen molar-refractivity contribution in [1.82, 2.24) is 0 Å². The average Bonchev–Trinajstić information content (AvgIpc) is 2.76. The number of hydrogen-bond acceptors (Lipinski definition) is 3. The molecule has 0 heterocycles. The van der Waals surface area contributed by atoms with Crippen LogP contribution in [-0.2, 0) is 5.54 Å². The molecule has 0 atom stereocenters. The predicted molar refractivity (Wildman–Crippen MR) is 80.8 cm³/mol. The Bertz CT molecular complexity index is 454. The normalized spacial score (nSPS) is 17.8. The van der Waals surface area contributed by atoms with E-state index in [1.54, 1.807) is 7.11 Å². The van der Waals surface area contributed by atoms with Crippen molar-refractivity contribution in [2.45, 2.75) is 51.2 Å². The van der Waals surface area contributed by atoms with Crippen molar-refractivity contribution in [2.75, 3.05) is 7.11 Å². The lowest BCUT2D eigenvalue weighted by Gasteiger charge is -2.29. The molecule has 0 saturated heterocycles. The van der Waals surface area contributed by atoms with Gasteiger partial charge in [0, 0.05) is 15.6 Å². The molecule has 1 aromatic carbocycles. The van der Waals surface area contributed by atoms with E-state index in [0.717, 1.165) is 34.4 Å². The Morgan fingerprint density at radius 2 is 1.89 bits per heavy atom. The molecular weight excluding hydrogens is 306 g/mol. The highest BCUT2D eigenvalue weighted by Crippen LogP contribution is 2.47. The third kappa shape index (κ3) is 2.90. The second-order valence-electron chi connectivity index (χ2n) is 5.48. The van der Waals surface area contributed by atoms with Crippen LogP contribution in [0.5, 0.6) is 11.5 Å². The summed E-state index contributed by atoms with van der Waals surface area (Å²) in [5.74, 6) is 1.54. The lowest BCUT2D eigenvalue weighted by molar-refractivity contribution is 0.221. The lowest BCUT2D eigenvalue weighted by Crippen LogP contribution is -2.34. The lowest BCUT2D eigenvalue weighted by atomic mass is 9.88. The molecule has 19 heavy (non-hydrogen) atoms. The molecule has 0 unspecified atom stereocenters. The molecule has 3 nitrogen and oxygen atoms in total. The number of ether oxygens (including phenoxy) is 2. The summed E-state index contributed by atoms with van der Waals surface area (Å²) in [7, 11) is 1.66. The third-order valence-electron chi connectivity index (χ3n) is 3.64. The van der Waals surface area contributed by atoms with E-state index in [2.05, 4.69) is 15.9 Å². The molecule has 1 aliphatic carbocycles. The SMILES string of the molecule is COc1ccc(Br)c(C2(N)CCCC2)c1OC(C)C. The Labute approximate surface area is 123 Å². The van der Waals surface area contributed by atoms with Crippen molar-refractivity contribution >= 4 is 15.9 Å². The molecule has 0 bridgehead atoms. The minimum Gasteiger partial charge on any atom is -0.493 e. The Balaban J connectivity index is 2.55. The first-order valence-electron chi connectivity index (χ1n) is 6.80. The molecule has 0 radical (unpaired) electrons. The summed E-state index contributed by atoms with van der Waals surface area (Å²) < 4.78 is 12.4. The van der Waals surface area contributed by atoms with Crippen LogP contribution in [0.4, 0.5) is 0 Å². The minimum absolute atomic E-state index is 0.0898. The van der Waals surface area contributed by atoms with E-state index >= 15 is 0 Å². The molecule has 1 fully saturated rings. The van der Waals surface area contributed by atoms with E-state index in [4.69, 9.17) is 15.2 Å². The van der Waals surface area contributed by atoms with Crippen molar-refractivity contribution < 1.29 is 9.47 Å². The monoisotopic (exact) mass is 327 g/mol. The largest absolute Gasteiger partial charge is 0.493 e. The Kier molecular flexibility index (Phi) is 4.41. The topological polar surface area (TPSA) is 44.5 Å². The minimum atomic E-state index is -0.308. The summed E-state index contributed by atoms with van der Waals surface area (Å²) in [6.07, 6.45) is 4.41. The maximum Gasteiger partial charge on any atom is 0.167 e. The van der Waals surface area contributed by atoms with Crippen LogP contribution in [0.3, 0.4) is 0 Å². The summed E-state index contributed by atoms with van der Waals surface area (Å²) in [5, 5.41) is 0. The summed E-state index contributed by atoms with van der Waals surface area (Å²) in [5.41, 5.74) is 7.36. The van der Waals surface area contributed by atoms with Gasteiger partial charge in [-0.1, -0.05) is 28.8 Å². The van der Waals surface area contributed by atoms with Crippen LogP contribution in [-0.4, -0.2) is 13.2 Å². The average molecular weight is 328 g/mol. The van der Waals surface area contributed by atoms with Gasteiger partial charge in [-0.05, 0) is 38.8 Å². The second-order valence-corrected chi connectivity index (χ2v) is 6.34. The molecule has 0 aromatic heterocycles. The van der Waals surface area contributed by atoms with Gasteiger partial charge in [-0.25, -0.2) is 0 Å². The van der Waals surface area contributed by atoms with Crippen LogP contribution in [0.25, 0.3) is 0 Å². The molecule has 1 aromatic rings. The third-order valence-corrected chi connectivity index (χ3v) is 4.30. The maximum absolute atomic E-state index is 6.62. The summed E-state index contributed by atoms with van der Waals surface area (Å²) in [6.45, 7) is 4.03. The highest BCUT2D eigenvalue weighted by Gasteiger charge is 2.37. The predicted octanol–water partition coefficient (Wildman–Crippen LogP) is 3.97. The fourth-order valence-electron chi connectivity index (χ4n) is 2.77. The fraction of sp³-hybridized carbons (Fsp3) is 0.600. The fourth-order valence-corrected chi connectivity index (χ4v) is 3.48. The van der Waals surface area contributed by atoms with Gasteiger partial charge in [0.1, 0.15) is 0 Å². The molecule has 2 N–H and O–H groups in total. The first kappa shape index (κ1) is 14.7. The summed E-state index contributed by atoms with van der Waals surface area (Å²) >= 11 is 3.63. The van der Waals surface area contributed by atoms with Gasteiger partial charge in [0.25, 0.3) is 0 Å². The molecule has 106 valence electrons. The molecular formula is C15H22BrNO2. The van der Waals surface area contributed by atoms with E-state index < -0.39 is 0 Å². The zero-order chi connectivity index (χ0) is 14.0. The number of halogens is 1. The van der Waals surface area contributed by atoms with Crippen LogP contribution in [0.15, 0.2) is 16.6 Å². The van der Waals surface area contributed by atoms with Gasteiger partial charge in [-0.3, -0.25) is 0 Å². The highest BCUT2D eigenvalue weighted by molar-refractivity contribution is 9.10. The van der Waals surface area contributed by atoms with E-state index in [9.17, 15) is 0 Å². The zero-order valence-electron chi connectivity index (χ0n) is 11.8. The summed E-state index contributed by atoms with van der Waals surface area (Å²) in [4.78, 5) is 0. The molecule has 1 saturated carbocycles. The Hall–Kier alpha value is -0.740. The number of nitrogens with two attached hydrogens (primary N) is 1. The van der Waals surface area contributed by atoms with E-state index in [1.807, 2.05) is 26.0 Å². The molecule has 0 aliphatic heterocycles. The quantitative estimate of drug-likeness (QED) is 0.909. The Morgan fingerprint density at radius 1 is 1.26 bits per heavy atom. The molecule has 1 aliphatic rings. The highest BCUT2D eigenvalue weighted by atomic mass is 79.9.